The van der Waals surface area contributed by atoms with Crippen LogP contribution in [0.3, 0.4) is 0 Å². The van der Waals surface area contributed by atoms with Gasteiger partial charge in [-0.2, -0.15) is 18.4 Å². The third kappa shape index (κ3) is 5.70. The van der Waals surface area contributed by atoms with Gasteiger partial charge in [-0.1, -0.05) is 18.2 Å². The lowest BCUT2D eigenvalue weighted by Crippen LogP contribution is -2.22. The number of rotatable bonds is 6. The zero-order valence-electron chi connectivity index (χ0n) is 18.4. The molecule has 8 nitrogen and oxygen atoms in total. The standard InChI is InChI=1S/C24H18F3N7OS/c25-24(26,27)15-9-16(11-17(10-15)34-23(29)32-13-28)33-22(35)21-20(6-8-36-21)31-12-14-5-7-30-19-4-2-1-3-18(14)19/h1-11,31H,12H2,(H,33,35)(H3,29,32,34). The highest BCUT2D eigenvalue weighted by Crippen LogP contribution is 2.34. The number of thiophene rings is 1. The second-order valence-corrected chi connectivity index (χ2v) is 8.39. The molecule has 0 aliphatic carbocycles. The van der Waals surface area contributed by atoms with Gasteiger partial charge in [-0.05, 0) is 47.3 Å². The summed E-state index contributed by atoms with van der Waals surface area (Å²) in [6, 6.07) is 14.1. The van der Waals surface area contributed by atoms with Crippen molar-refractivity contribution in [2.75, 3.05) is 16.0 Å². The van der Waals surface area contributed by atoms with E-state index in [2.05, 4.69) is 25.9 Å². The van der Waals surface area contributed by atoms with Crippen LogP contribution in [0.5, 0.6) is 0 Å². The molecule has 0 aliphatic heterocycles. The lowest BCUT2D eigenvalue weighted by Gasteiger charge is -2.14. The third-order valence-electron chi connectivity index (χ3n) is 5.04. The van der Waals surface area contributed by atoms with Gasteiger partial charge in [0.15, 0.2) is 0 Å². The second kappa shape index (κ2) is 10.3. The van der Waals surface area contributed by atoms with Crippen LogP contribution in [0, 0.1) is 11.5 Å². The number of hydrogen-bond donors (Lipinski definition) is 4. The molecule has 0 aliphatic rings. The molecule has 0 radical (unpaired) electrons. The Kier molecular flexibility index (Phi) is 7.03. The lowest BCUT2D eigenvalue weighted by molar-refractivity contribution is -0.137. The Morgan fingerprint density at radius 2 is 1.86 bits per heavy atom. The highest BCUT2D eigenvalue weighted by atomic mass is 32.1. The van der Waals surface area contributed by atoms with Gasteiger partial charge in [0.2, 0.25) is 12.2 Å². The average molecular weight is 510 g/mol. The largest absolute Gasteiger partial charge is 0.416 e. The molecule has 0 fully saturated rings. The number of benzene rings is 2. The lowest BCUT2D eigenvalue weighted by atomic mass is 10.1. The Labute approximate surface area is 207 Å². The minimum absolute atomic E-state index is 0.0919. The van der Waals surface area contributed by atoms with Crippen molar-refractivity contribution in [1.82, 2.24) is 4.98 Å². The summed E-state index contributed by atoms with van der Waals surface area (Å²) in [5.74, 6) is -0.974. The maximum Gasteiger partial charge on any atom is 0.416 e. The quantitative estimate of drug-likeness (QED) is 0.157. The highest BCUT2D eigenvalue weighted by molar-refractivity contribution is 7.12. The highest BCUT2D eigenvalue weighted by Gasteiger charge is 2.31. The van der Waals surface area contributed by atoms with Gasteiger partial charge in [0.1, 0.15) is 4.88 Å². The number of carbonyl (C=O) groups is 1. The van der Waals surface area contributed by atoms with E-state index in [0.717, 1.165) is 39.9 Å². The summed E-state index contributed by atoms with van der Waals surface area (Å²) in [5.41, 5.74) is 6.62. The Hall–Kier alpha value is -4.63. The average Bonchev–Trinajstić information content (AvgIpc) is 3.31. The molecule has 12 heteroatoms. The molecule has 5 N–H and O–H groups in total. The molecule has 0 saturated heterocycles. The monoisotopic (exact) mass is 509 g/mol. The first-order valence-electron chi connectivity index (χ1n) is 10.4. The number of nitrogens with zero attached hydrogens (tertiary/aromatic N) is 3. The summed E-state index contributed by atoms with van der Waals surface area (Å²) in [5, 5.41) is 19.4. The SMILES string of the molecule is N#C/N=C(/N)Nc1cc(NC(=O)c2sccc2NCc2ccnc3ccccc23)cc(C(F)(F)F)c1. The number of pyridine rings is 1. The van der Waals surface area contributed by atoms with Crippen molar-refractivity contribution < 1.29 is 18.0 Å². The van der Waals surface area contributed by atoms with E-state index in [0.29, 0.717) is 17.1 Å². The maximum absolute atomic E-state index is 13.4. The van der Waals surface area contributed by atoms with Crippen LogP contribution < -0.4 is 21.7 Å². The molecule has 4 aromatic rings. The van der Waals surface area contributed by atoms with Crippen molar-refractivity contribution in [3.63, 3.8) is 0 Å². The molecule has 0 atom stereocenters. The van der Waals surface area contributed by atoms with Crippen molar-refractivity contribution >= 4 is 51.2 Å². The number of aliphatic imine (C=N–C) groups is 1. The zero-order valence-corrected chi connectivity index (χ0v) is 19.2. The Morgan fingerprint density at radius 3 is 2.61 bits per heavy atom. The number of fused-ring (bicyclic) bond motifs is 1. The predicted octanol–water partition coefficient (Wildman–Crippen LogP) is 5.39. The van der Waals surface area contributed by atoms with Gasteiger partial charge >= 0.3 is 6.18 Å². The van der Waals surface area contributed by atoms with Gasteiger partial charge < -0.3 is 21.7 Å². The molecule has 36 heavy (non-hydrogen) atoms. The summed E-state index contributed by atoms with van der Waals surface area (Å²) in [6.07, 6.45) is -1.54. The number of carbonyl (C=O) groups excluding carboxylic acids is 1. The molecular formula is C24H18F3N7OS. The number of hydrogen-bond acceptors (Lipinski definition) is 6. The molecule has 2 heterocycles. The van der Waals surface area contributed by atoms with Gasteiger partial charge in [0.25, 0.3) is 5.91 Å². The molecule has 0 spiro atoms. The van der Waals surface area contributed by atoms with Crippen molar-refractivity contribution in [3.05, 3.63) is 82.2 Å². The van der Waals surface area contributed by atoms with E-state index in [-0.39, 0.29) is 17.3 Å². The molecule has 4 rings (SSSR count). The fourth-order valence-corrected chi connectivity index (χ4v) is 4.24. The van der Waals surface area contributed by atoms with Crippen LogP contribution in [0.15, 0.2) is 71.2 Å². The van der Waals surface area contributed by atoms with E-state index in [1.54, 1.807) is 17.6 Å². The van der Waals surface area contributed by atoms with E-state index < -0.39 is 17.6 Å². The smallest absolute Gasteiger partial charge is 0.380 e. The van der Waals surface area contributed by atoms with E-state index in [9.17, 15) is 18.0 Å². The number of para-hydroxylation sites is 1. The number of amides is 1. The van der Waals surface area contributed by atoms with Crippen molar-refractivity contribution in [2.24, 2.45) is 10.7 Å². The summed E-state index contributed by atoms with van der Waals surface area (Å²) >= 11 is 1.15. The minimum atomic E-state index is -4.68. The molecule has 2 aromatic carbocycles. The molecule has 2 aromatic heterocycles. The Morgan fingerprint density at radius 1 is 1.11 bits per heavy atom. The van der Waals surface area contributed by atoms with Crippen LogP contribution >= 0.6 is 11.3 Å². The molecule has 1 amide bonds. The zero-order chi connectivity index (χ0) is 25.7. The van der Waals surface area contributed by atoms with Crippen molar-refractivity contribution in [3.8, 4) is 6.19 Å². The summed E-state index contributed by atoms with van der Waals surface area (Å²) < 4.78 is 40.2. The normalized spacial score (nSPS) is 11.7. The fourth-order valence-electron chi connectivity index (χ4n) is 3.48. The maximum atomic E-state index is 13.4. The van der Waals surface area contributed by atoms with Crippen molar-refractivity contribution in [1.29, 1.82) is 5.26 Å². The van der Waals surface area contributed by atoms with Gasteiger partial charge in [-0.3, -0.25) is 9.78 Å². The van der Waals surface area contributed by atoms with Crippen LogP contribution in [0.4, 0.5) is 30.2 Å². The van der Waals surface area contributed by atoms with Crippen LogP contribution in [-0.2, 0) is 12.7 Å². The van der Waals surface area contributed by atoms with Gasteiger partial charge in [-0.25, -0.2) is 0 Å². The minimum Gasteiger partial charge on any atom is -0.380 e. The third-order valence-corrected chi connectivity index (χ3v) is 5.95. The first kappa shape index (κ1) is 24.5. The van der Waals surface area contributed by atoms with Crippen molar-refractivity contribution in [2.45, 2.75) is 12.7 Å². The van der Waals surface area contributed by atoms with Gasteiger partial charge in [-0.15, -0.1) is 16.3 Å². The predicted molar refractivity (Wildman–Crippen MR) is 134 cm³/mol. The Balaban J connectivity index is 1.55. The topological polar surface area (TPSA) is 128 Å². The number of nitrogens with two attached hydrogens (primary N) is 1. The molecule has 0 bridgehead atoms. The number of guanidine groups is 1. The summed E-state index contributed by atoms with van der Waals surface area (Å²) in [6.45, 7) is 0.412. The Bertz CT molecular complexity index is 1490. The number of halogens is 3. The van der Waals surface area contributed by atoms with E-state index in [4.69, 9.17) is 11.0 Å². The van der Waals surface area contributed by atoms with Gasteiger partial charge in [0, 0.05) is 29.5 Å². The first-order chi connectivity index (χ1) is 17.2. The second-order valence-electron chi connectivity index (χ2n) is 7.48. The summed E-state index contributed by atoms with van der Waals surface area (Å²) in [4.78, 5) is 20.8. The number of anilines is 3. The summed E-state index contributed by atoms with van der Waals surface area (Å²) in [7, 11) is 0. The van der Waals surface area contributed by atoms with Crippen LogP contribution in [0.1, 0.15) is 20.8 Å². The molecule has 0 unspecified atom stereocenters. The first-order valence-corrected chi connectivity index (χ1v) is 11.3. The molecule has 182 valence electrons. The van der Waals surface area contributed by atoms with E-state index in [1.165, 1.54) is 12.3 Å². The fraction of sp³-hybridized carbons (Fsp3) is 0.0833. The molecule has 0 saturated carbocycles. The van der Waals surface area contributed by atoms with E-state index in [1.807, 2.05) is 30.3 Å². The molecular weight excluding hydrogens is 491 g/mol. The van der Waals surface area contributed by atoms with Crippen LogP contribution in [0.25, 0.3) is 10.9 Å². The number of aromatic nitrogens is 1. The number of nitrogens with one attached hydrogen (secondary N) is 3. The number of alkyl halides is 3. The van der Waals surface area contributed by atoms with E-state index >= 15 is 0 Å². The van der Waals surface area contributed by atoms with Crippen LogP contribution in [-0.4, -0.2) is 16.9 Å². The van der Waals surface area contributed by atoms with Crippen LogP contribution in [0.2, 0.25) is 0 Å². The van der Waals surface area contributed by atoms with Gasteiger partial charge in [0.05, 0.1) is 16.8 Å². The number of nitriles is 1.